The van der Waals surface area contributed by atoms with Crippen LogP contribution in [0, 0.1) is 0 Å². The molecular formula is C9H19N3O. The van der Waals surface area contributed by atoms with Crippen LogP contribution in [0.25, 0.3) is 0 Å². The van der Waals surface area contributed by atoms with Crippen LogP contribution in [-0.4, -0.2) is 49.1 Å². The highest BCUT2D eigenvalue weighted by Gasteiger charge is 2.20. The van der Waals surface area contributed by atoms with Crippen LogP contribution in [0.4, 0.5) is 4.79 Å². The molecular weight excluding hydrogens is 166 g/mol. The summed E-state index contributed by atoms with van der Waals surface area (Å²) in [6.07, 6.45) is 3.25. The van der Waals surface area contributed by atoms with Crippen molar-refractivity contribution in [2.45, 2.75) is 25.3 Å². The van der Waals surface area contributed by atoms with Crippen LogP contribution < -0.4 is 5.73 Å². The SMILES string of the molecule is CN(C)C(=O)N1CCCC[C@@H](N)C1. The predicted octanol–water partition coefficient (Wildman–Crippen LogP) is 0.481. The van der Waals surface area contributed by atoms with Gasteiger partial charge < -0.3 is 15.5 Å². The molecule has 2 amide bonds. The van der Waals surface area contributed by atoms with Gasteiger partial charge in [0.15, 0.2) is 0 Å². The zero-order valence-corrected chi connectivity index (χ0v) is 8.49. The highest BCUT2D eigenvalue weighted by Crippen LogP contribution is 2.10. The van der Waals surface area contributed by atoms with Gasteiger partial charge in [0, 0.05) is 33.2 Å². The summed E-state index contributed by atoms with van der Waals surface area (Å²) in [6.45, 7) is 1.56. The minimum Gasteiger partial charge on any atom is -0.331 e. The summed E-state index contributed by atoms with van der Waals surface area (Å²) in [5, 5.41) is 0. The van der Waals surface area contributed by atoms with Crippen molar-refractivity contribution in [3.05, 3.63) is 0 Å². The first kappa shape index (κ1) is 10.3. The molecule has 0 aromatic rings. The van der Waals surface area contributed by atoms with Gasteiger partial charge in [-0.05, 0) is 12.8 Å². The van der Waals surface area contributed by atoms with Gasteiger partial charge in [-0.2, -0.15) is 0 Å². The van der Waals surface area contributed by atoms with Gasteiger partial charge in [-0.1, -0.05) is 6.42 Å². The number of nitrogens with zero attached hydrogens (tertiary/aromatic N) is 2. The Morgan fingerprint density at radius 3 is 2.77 bits per heavy atom. The van der Waals surface area contributed by atoms with Crippen molar-refractivity contribution in [1.82, 2.24) is 9.80 Å². The number of hydrogen-bond acceptors (Lipinski definition) is 2. The Balaban J connectivity index is 2.52. The summed E-state index contributed by atoms with van der Waals surface area (Å²) in [5.74, 6) is 0. The molecule has 2 N–H and O–H groups in total. The molecule has 0 aromatic heterocycles. The molecule has 1 rings (SSSR count). The van der Waals surface area contributed by atoms with Gasteiger partial charge in [-0.15, -0.1) is 0 Å². The summed E-state index contributed by atoms with van der Waals surface area (Å²) >= 11 is 0. The van der Waals surface area contributed by atoms with Crippen molar-refractivity contribution in [2.24, 2.45) is 5.73 Å². The number of nitrogens with two attached hydrogens (primary N) is 1. The number of urea groups is 1. The first-order chi connectivity index (χ1) is 6.11. The second kappa shape index (κ2) is 4.46. The summed E-state index contributed by atoms with van der Waals surface area (Å²) in [7, 11) is 3.55. The fraction of sp³-hybridized carbons (Fsp3) is 0.889. The van der Waals surface area contributed by atoms with Gasteiger partial charge in [0.05, 0.1) is 0 Å². The van der Waals surface area contributed by atoms with E-state index in [0.29, 0.717) is 6.54 Å². The molecule has 76 valence electrons. The maximum Gasteiger partial charge on any atom is 0.319 e. The molecule has 1 heterocycles. The fourth-order valence-electron chi connectivity index (χ4n) is 1.63. The summed E-state index contributed by atoms with van der Waals surface area (Å²) in [4.78, 5) is 15.0. The van der Waals surface area contributed by atoms with Crippen molar-refractivity contribution >= 4 is 6.03 Å². The van der Waals surface area contributed by atoms with Crippen molar-refractivity contribution in [1.29, 1.82) is 0 Å². The number of amides is 2. The maximum absolute atomic E-state index is 11.6. The maximum atomic E-state index is 11.6. The molecule has 0 aromatic carbocycles. The van der Waals surface area contributed by atoms with E-state index >= 15 is 0 Å². The number of likely N-dealkylation sites (tertiary alicyclic amines) is 1. The van der Waals surface area contributed by atoms with E-state index in [4.69, 9.17) is 5.73 Å². The molecule has 13 heavy (non-hydrogen) atoms. The lowest BCUT2D eigenvalue weighted by molar-refractivity contribution is 0.171. The van der Waals surface area contributed by atoms with Gasteiger partial charge in [0.2, 0.25) is 0 Å². The van der Waals surface area contributed by atoms with Crippen molar-refractivity contribution < 1.29 is 4.79 Å². The number of hydrogen-bond donors (Lipinski definition) is 1. The summed E-state index contributed by atoms with van der Waals surface area (Å²) < 4.78 is 0. The molecule has 0 bridgehead atoms. The third kappa shape index (κ3) is 2.88. The van der Waals surface area contributed by atoms with E-state index in [2.05, 4.69) is 0 Å². The second-order valence-electron chi connectivity index (χ2n) is 3.88. The van der Waals surface area contributed by atoms with E-state index in [1.807, 2.05) is 4.90 Å². The highest BCUT2D eigenvalue weighted by atomic mass is 16.2. The van der Waals surface area contributed by atoms with Crippen LogP contribution in [0.3, 0.4) is 0 Å². The Kier molecular flexibility index (Phi) is 3.54. The zero-order chi connectivity index (χ0) is 9.84. The normalized spacial score (nSPS) is 23.9. The smallest absolute Gasteiger partial charge is 0.319 e. The molecule has 0 aliphatic carbocycles. The van der Waals surface area contributed by atoms with E-state index in [9.17, 15) is 4.79 Å². The minimum absolute atomic E-state index is 0.0809. The molecule has 1 fully saturated rings. The molecule has 1 aliphatic rings. The van der Waals surface area contributed by atoms with Crippen molar-refractivity contribution in [2.75, 3.05) is 27.2 Å². The molecule has 4 heteroatoms. The Bertz CT molecular complexity index is 182. The lowest BCUT2D eigenvalue weighted by Gasteiger charge is -2.25. The molecule has 1 saturated heterocycles. The Labute approximate surface area is 79.7 Å². The number of rotatable bonds is 0. The molecule has 0 radical (unpaired) electrons. The van der Waals surface area contributed by atoms with Crippen LogP contribution >= 0.6 is 0 Å². The molecule has 4 nitrogen and oxygen atoms in total. The van der Waals surface area contributed by atoms with Crippen LogP contribution in [-0.2, 0) is 0 Å². The van der Waals surface area contributed by atoms with Gasteiger partial charge in [0.25, 0.3) is 0 Å². The Morgan fingerprint density at radius 1 is 1.46 bits per heavy atom. The summed E-state index contributed by atoms with van der Waals surface area (Å²) in [5.41, 5.74) is 5.85. The molecule has 0 spiro atoms. The monoisotopic (exact) mass is 185 g/mol. The van der Waals surface area contributed by atoms with Gasteiger partial charge >= 0.3 is 6.03 Å². The average molecular weight is 185 g/mol. The van der Waals surface area contributed by atoms with Gasteiger partial charge in [-0.25, -0.2) is 4.79 Å². The van der Waals surface area contributed by atoms with E-state index in [-0.39, 0.29) is 12.1 Å². The third-order valence-electron chi connectivity index (χ3n) is 2.36. The van der Waals surface area contributed by atoms with Crippen molar-refractivity contribution in [3.8, 4) is 0 Å². The van der Waals surface area contributed by atoms with Crippen LogP contribution in [0.2, 0.25) is 0 Å². The third-order valence-corrected chi connectivity index (χ3v) is 2.36. The average Bonchev–Trinajstić information content (AvgIpc) is 2.28. The first-order valence-electron chi connectivity index (χ1n) is 4.83. The standard InChI is InChI=1S/C9H19N3O/c1-11(2)9(13)12-6-4-3-5-8(10)7-12/h8H,3-7,10H2,1-2H3/t8-/m1/s1. The first-order valence-corrected chi connectivity index (χ1v) is 4.83. The Morgan fingerprint density at radius 2 is 2.15 bits per heavy atom. The lowest BCUT2D eigenvalue weighted by atomic mass is 10.2. The highest BCUT2D eigenvalue weighted by molar-refractivity contribution is 5.73. The second-order valence-corrected chi connectivity index (χ2v) is 3.88. The fourth-order valence-corrected chi connectivity index (χ4v) is 1.63. The number of carbonyl (C=O) groups is 1. The van der Waals surface area contributed by atoms with Gasteiger partial charge in [-0.3, -0.25) is 0 Å². The molecule has 0 saturated carbocycles. The van der Waals surface area contributed by atoms with Crippen LogP contribution in [0.5, 0.6) is 0 Å². The lowest BCUT2D eigenvalue weighted by Crippen LogP contribution is -2.44. The van der Waals surface area contributed by atoms with Crippen LogP contribution in [0.15, 0.2) is 0 Å². The van der Waals surface area contributed by atoms with E-state index < -0.39 is 0 Å². The van der Waals surface area contributed by atoms with E-state index in [1.54, 1.807) is 19.0 Å². The van der Waals surface area contributed by atoms with Crippen molar-refractivity contribution in [3.63, 3.8) is 0 Å². The van der Waals surface area contributed by atoms with E-state index in [0.717, 1.165) is 25.8 Å². The quantitative estimate of drug-likeness (QED) is 0.597. The van der Waals surface area contributed by atoms with Gasteiger partial charge in [0.1, 0.15) is 0 Å². The minimum atomic E-state index is 0.0809. The molecule has 0 unspecified atom stereocenters. The predicted molar refractivity (Wildman–Crippen MR) is 52.5 cm³/mol. The largest absolute Gasteiger partial charge is 0.331 e. The Hall–Kier alpha value is -0.770. The molecule has 1 atom stereocenters. The topological polar surface area (TPSA) is 49.6 Å². The van der Waals surface area contributed by atoms with E-state index in [1.165, 1.54) is 0 Å². The molecule has 1 aliphatic heterocycles. The zero-order valence-electron chi connectivity index (χ0n) is 8.49. The summed E-state index contributed by atoms with van der Waals surface area (Å²) in [6, 6.07) is 0.240. The van der Waals surface area contributed by atoms with Crippen LogP contribution in [0.1, 0.15) is 19.3 Å². The number of carbonyl (C=O) groups excluding carboxylic acids is 1.